The van der Waals surface area contributed by atoms with Crippen molar-refractivity contribution in [1.82, 2.24) is 14.5 Å². The number of sulfonamides is 1. The molecule has 0 spiro atoms. The molecule has 1 aliphatic heterocycles. The van der Waals surface area contributed by atoms with Gasteiger partial charge in [0.25, 0.3) is 15.9 Å². The number of rotatable bonds is 8. The summed E-state index contributed by atoms with van der Waals surface area (Å²) < 4.78 is 31.8. The zero-order valence-corrected chi connectivity index (χ0v) is 18.5. The maximum atomic E-state index is 12.7. The maximum absolute atomic E-state index is 12.7. The molecule has 0 radical (unpaired) electrons. The van der Waals surface area contributed by atoms with Crippen LogP contribution in [0.15, 0.2) is 52.0 Å². The zero-order chi connectivity index (χ0) is 22.6. The largest absolute Gasteiger partial charge is 0.438 e. The van der Waals surface area contributed by atoms with Gasteiger partial charge in [0.2, 0.25) is 11.0 Å². The molecule has 2 aromatic rings. The summed E-state index contributed by atoms with van der Waals surface area (Å²) >= 11 is 0. The Morgan fingerprint density at radius 2 is 1.71 bits per heavy atom. The number of nitrogens with two attached hydrogens (primary N) is 1. The molecule has 1 fully saturated rings. The first-order valence-corrected chi connectivity index (χ1v) is 11.6. The SMILES string of the molecule is C[C@H](CNC(=O)[C@@H](C)N1CCN(S(=O)(=O)c2ccc(C(N)=O)o2)CC1)c1ccccc1. The number of amides is 2. The molecule has 0 saturated carbocycles. The Morgan fingerprint density at radius 1 is 1.06 bits per heavy atom. The van der Waals surface area contributed by atoms with Crippen LogP contribution < -0.4 is 11.1 Å². The van der Waals surface area contributed by atoms with Gasteiger partial charge in [-0.25, -0.2) is 8.42 Å². The first-order chi connectivity index (χ1) is 14.7. The number of carbonyl (C=O) groups is 2. The van der Waals surface area contributed by atoms with Gasteiger partial charge in [-0.2, -0.15) is 4.31 Å². The Kier molecular flexibility index (Phi) is 7.14. The van der Waals surface area contributed by atoms with E-state index in [1.54, 1.807) is 0 Å². The highest BCUT2D eigenvalue weighted by molar-refractivity contribution is 7.89. The minimum Gasteiger partial charge on any atom is -0.438 e. The Hall–Kier alpha value is -2.69. The Morgan fingerprint density at radius 3 is 2.29 bits per heavy atom. The molecule has 1 saturated heterocycles. The fraction of sp³-hybridized carbons (Fsp3) is 0.429. The fourth-order valence-corrected chi connectivity index (χ4v) is 4.85. The summed E-state index contributed by atoms with van der Waals surface area (Å²) in [5.74, 6) is -0.922. The quantitative estimate of drug-likeness (QED) is 0.620. The number of carbonyl (C=O) groups excluding carboxylic acids is 2. The number of nitrogens with zero attached hydrogens (tertiary/aromatic N) is 2. The van der Waals surface area contributed by atoms with Gasteiger partial charge in [-0.15, -0.1) is 0 Å². The molecule has 3 N–H and O–H groups in total. The molecule has 2 atom stereocenters. The van der Waals surface area contributed by atoms with E-state index in [0.29, 0.717) is 19.6 Å². The van der Waals surface area contributed by atoms with E-state index in [1.165, 1.54) is 16.4 Å². The van der Waals surface area contributed by atoms with Crippen LogP contribution in [0.3, 0.4) is 0 Å². The molecule has 168 valence electrons. The first-order valence-electron chi connectivity index (χ1n) is 10.2. The average molecular weight is 449 g/mol. The van der Waals surface area contributed by atoms with Gasteiger partial charge in [0.05, 0.1) is 6.04 Å². The van der Waals surface area contributed by atoms with E-state index in [-0.39, 0.29) is 41.8 Å². The fourth-order valence-electron chi connectivity index (χ4n) is 3.52. The molecule has 10 heteroatoms. The van der Waals surface area contributed by atoms with Gasteiger partial charge in [0.1, 0.15) is 0 Å². The molecule has 2 heterocycles. The third-order valence-electron chi connectivity index (χ3n) is 5.57. The standard InChI is InChI=1S/C21H28N4O5S/c1-15(17-6-4-3-5-7-17)14-23-21(27)16(2)24-10-12-25(13-11-24)31(28,29)19-9-8-18(30-19)20(22)26/h3-9,15-16H,10-14H2,1-2H3,(H2,22,26)(H,23,27)/t15-,16-/m1/s1. The summed E-state index contributed by atoms with van der Waals surface area (Å²) in [5.41, 5.74) is 6.28. The van der Waals surface area contributed by atoms with E-state index in [1.807, 2.05) is 42.2 Å². The molecule has 1 aromatic carbocycles. The zero-order valence-electron chi connectivity index (χ0n) is 17.7. The van der Waals surface area contributed by atoms with Gasteiger partial charge >= 0.3 is 0 Å². The predicted octanol–water partition coefficient (Wildman–Crippen LogP) is 0.993. The predicted molar refractivity (Wildman–Crippen MR) is 115 cm³/mol. The van der Waals surface area contributed by atoms with Crippen LogP contribution in [0.4, 0.5) is 0 Å². The molecule has 0 unspecified atom stereocenters. The highest BCUT2D eigenvalue weighted by Gasteiger charge is 2.33. The summed E-state index contributed by atoms with van der Waals surface area (Å²) in [6, 6.07) is 12.1. The van der Waals surface area contributed by atoms with E-state index in [4.69, 9.17) is 10.2 Å². The topological polar surface area (TPSA) is 126 Å². The second-order valence-corrected chi connectivity index (χ2v) is 9.52. The van der Waals surface area contributed by atoms with Gasteiger partial charge in [-0.1, -0.05) is 37.3 Å². The second-order valence-electron chi connectivity index (χ2n) is 7.66. The molecule has 3 rings (SSSR count). The molecule has 9 nitrogen and oxygen atoms in total. The van der Waals surface area contributed by atoms with Gasteiger partial charge in [-0.3, -0.25) is 14.5 Å². The summed E-state index contributed by atoms with van der Waals surface area (Å²) in [7, 11) is -3.86. The number of primary amides is 1. The van der Waals surface area contributed by atoms with Crippen molar-refractivity contribution >= 4 is 21.8 Å². The minimum atomic E-state index is -3.86. The lowest BCUT2D eigenvalue weighted by molar-refractivity contribution is -0.126. The van der Waals surface area contributed by atoms with Crippen LogP contribution in [0.5, 0.6) is 0 Å². The Balaban J connectivity index is 1.52. The van der Waals surface area contributed by atoms with Gasteiger partial charge < -0.3 is 15.5 Å². The summed E-state index contributed by atoms with van der Waals surface area (Å²) in [6.07, 6.45) is 0. The molecule has 0 bridgehead atoms. The van der Waals surface area contributed by atoms with Crippen LogP contribution in [0.25, 0.3) is 0 Å². The maximum Gasteiger partial charge on any atom is 0.284 e. The average Bonchev–Trinajstić information content (AvgIpc) is 3.29. The third kappa shape index (κ3) is 5.33. The van der Waals surface area contributed by atoms with Crippen molar-refractivity contribution in [1.29, 1.82) is 0 Å². The Labute approximate surface area is 182 Å². The molecule has 1 aromatic heterocycles. The summed E-state index contributed by atoms with van der Waals surface area (Å²) in [5, 5.41) is 2.68. The van der Waals surface area contributed by atoms with E-state index in [0.717, 1.165) is 5.56 Å². The van der Waals surface area contributed by atoms with Crippen LogP contribution in [0.2, 0.25) is 0 Å². The van der Waals surface area contributed by atoms with Crippen LogP contribution >= 0.6 is 0 Å². The lowest BCUT2D eigenvalue weighted by atomic mass is 10.0. The monoisotopic (exact) mass is 448 g/mol. The van der Waals surface area contributed by atoms with E-state index in [9.17, 15) is 18.0 Å². The summed E-state index contributed by atoms with van der Waals surface area (Å²) in [6.45, 7) is 5.65. The number of hydrogen-bond acceptors (Lipinski definition) is 6. The minimum absolute atomic E-state index is 0.0868. The van der Waals surface area contributed by atoms with Gasteiger partial charge in [0.15, 0.2) is 5.76 Å². The summed E-state index contributed by atoms with van der Waals surface area (Å²) in [4.78, 5) is 25.7. The van der Waals surface area contributed by atoms with Crippen molar-refractivity contribution in [3.8, 4) is 0 Å². The number of hydrogen-bond donors (Lipinski definition) is 2. The van der Waals surface area contributed by atoms with E-state index in [2.05, 4.69) is 12.2 Å². The molecular formula is C21H28N4O5S. The molecule has 1 aliphatic rings. The normalized spacial score (nSPS) is 17.7. The first kappa shape index (κ1) is 23.0. The van der Waals surface area contributed by atoms with Crippen molar-refractivity contribution in [3.05, 3.63) is 53.8 Å². The molecule has 0 aliphatic carbocycles. The van der Waals surface area contributed by atoms with Crippen molar-refractivity contribution in [2.75, 3.05) is 32.7 Å². The second kappa shape index (κ2) is 9.63. The van der Waals surface area contributed by atoms with Crippen molar-refractivity contribution in [3.63, 3.8) is 0 Å². The molecule has 31 heavy (non-hydrogen) atoms. The van der Waals surface area contributed by atoms with Crippen LogP contribution in [0, 0.1) is 0 Å². The molecule has 2 amide bonds. The highest BCUT2D eigenvalue weighted by atomic mass is 32.2. The highest BCUT2D eigenvalue weighted by Crippen LogP contribution is 2.21. The van der Waals surface area contributed by atoms with E-state index < -0.39 is 15.9 Å². The smallest absolute Gasteiger partial charge is 0.284 e. The van der Waals surface area contributed by atoms with Crippen molar-refractivity contribution in [2.45, 2.75) is 30.9 Å². The van der Waals surface area contributed by atoms with E-state index >= 15 is 0 Å². The number of benzene rings is 1. The van der Waals surface area contributed by atoms with Crippen molar-refractivity contribution in [2.24, 2.45) is 5.73 Å². The van der Waals surface area contributed by atoms with Gasteiger partial charge in [-0.05, 0) is 30.5 Å². The van der Waals surface area contributed by atoms with Gasteiger partial charge in [0, 0.05) is 32.7 Å². The number of piperazine rings is 1. The Bertz CT molecular complexity index is 1010. The lowest BCUT2D eigenvalue weighted by Crippen LogP contribution is -2.55. The van der Waals surface area contributed by atoms with Crippen LogP contribution in [0.1, 0.15) is 35.9 Å². The molecular weight excluding hydrogens is 420 g/mol. The lowest BCUT2D eigenvalue weighted by Gasteiger charge is -2.36. The third-order valence-corrected chi connectivity index (χ3v) is 7.34. The number of nitrogens with one attached hydrogen (secondary N) is 1. The van der Waals surface area contributed by atoms with Crippen LogP contribution in [-0.2, 0) is 14.8 Å². The van der Waals surface area contributed by atoms with Crippen molar-refractivity contribution < 1.29 is 22.4 Å². The van der Waals surface area contributed by atoms with Crippen LogP contribution in [-0.4, -0.2) is 68.2 Å². The number of furan rings is 1.